The predicted octanol–water partition coefficient (Wildman–Crippen LogP) is 5.58. The normalized spacial score (nSPS) is 16.0. The summed E-state index contributed by atoms with van der Waals surface area (Å²) < 4.78 is 46.4. The van der Waals surface area contributed by atoms with Gasteiger partial charge in [-0.15, -0.1) is 22.7 Å². The Kier molecular flexibility index (Phi) is 7.54. The molecule has 0 unspecified atom stereocenters. The van der Waals surface area contributed by atoms with E-state index in [1.807, 2.05) is 6.92 Å². The standard InChI is InChI=1S/C23H28F3N3O3S2/c1-3-29-10-9-13-15(19(23(24,25)26)33-17(13)12-29)11-27-22(31)28-20-18(21(30)32-4-2)14-7-5-6-8-16(14)34-20/h3-12H2,1-2H3,(H2,27,28,31). The summed E-state index contributed by atoms with van der Waals surface area (Å²) in [5.41, 5.74) is 2.13. The minimum atomic E-state index is -4.48. The van der Waals surface area contributed by atoms with Gasteiger partial charge in [0, 0.05) is 29.4 Å². The molecule has 2 aromatic heterocycles. The van der Waals surface area contributed by atoms with E-state index in [0.29, 0.717) is 40.5 Å². The van der Waals surface area contributed by atoms with Crippen molar-refractivity contribution in [1.82, 2.24) is 10.2 Å². The molecule has 0 atom stereocenters. The predicted molar refractivity (Wildman–Crippen MR) is 127 cm³/mol. The highest BCUT2D eigenvalue weighted by atomic mass is 32.1. The molecule has 1 aliphatic carbocycles. The van der Waals surface area contributed by atoms with Gasteiger partial charge >= 0.3 is 18.2 Å². The number of anilines is 1. The number of fused-ring (bicyclic) bond motifs is 2. The molecule has 0 saturated carbocycles. The molecule has 2 N–H and O–H groups in total. The van der Waals surface area contributed by atoms with E-state index in [-0.39, 0.29) is 18.7 Å². The second-order valence-corrected chi connectivity index (χ2v) is 10.6. The van der Waals surface area contributed by atoms with E-state index < -0.39 is 23.1 Å². The summed E-state index contributed by atoms with van der Waals surface area (Å²) >= 11 is 2.12. The Morgan fingerprint density at radius 2 is 1.82 bits per heavy atom. The highest BCUT2D eigenvalue weighted by molar-refractivity contribution is 7.17. The molecule has 0 fully saturated rings. The number of thiophene rings is 2. The van der Waals surface area contributed by atoms with E-state index in [2.05, 4.69) is 15.5 Å². The second kappa shape index (κ2) is 10.2. The number of likely N-dealkylation sites (N-methyl/N-ethyl adjacent to an activating group) is 1. The van der Waals surface area contributed by atoms with Crippen LogP contribution in [0.2, 0.25) is 0 Å². The van der Waals surface area contributed by atoms with E-state index in [9.17, 15) is 22.8 Å². The fourth-order valence-electron chi connectivity index (χ4n) is 4.60. The zero-order valence-corrected chi connectivity index (χ0v) is 20.8. The van der Waals surface area contributed by atoms with Crippen molar-refractivity contribution in [1.29, 1.82) is 0 Å². The average molecular weight is 516 g/mol. The number of carbonyl (C=O) groups is 2. The topological polar surface area (TPSA) is 70.7 Å². The van der Waals surface area contributed by atoms with Crippen LogP contribution >= 0.6 is 22.7 Å². The molecule has 0 spiro atoms. The Hall–Kier alpha value is -2.11. The van der Waals surface area contributed by atoms with Gasteiger partial charge in [0.1, 0.15) is 9.88 Å². The van der Waals surface area contributed by atoms with Gasteiger partial charge < -0.3 is 10.1 Å². The third-order valence-corrected chi connectivity index (χ3v) is 8.76. The van der Waals surface area contributed by atoms with Crippen LogP contribution < -0.4 is 10.6 Å². The molecule has 0 saturated heterocycles. The minimum Gasteiger partial charge on any atom is -0.462 e. The number of rotatable bonds is 6. The Morgan fingerprint density at radius 3 is 2.53 bits per heavy atom. The largest absolute Gasteiger partial charge is 0.462 e. The molecule has 3 heterocycles. The molecule has 1 aliphatic heterocycles. The van der Waals surface area contributed by atoms with Crippen molar-refractivity contribution in [3.05, 3.63) is 36.9 Å². The second-order valence-electron chi connectivity index (χ2n) is 8.37. The van der Waals surface area contributed by atoms with Gasteiger partial charge in [0.25, 0.3) is 0 Å². The molecule has 6 nitrogen and oxygen atoms in total. The number of esters is 1. The van der Waals surface area contributed by atoms with Crippen LogP contribution in [0.4, 0.5) is 23.0 Å². The molecular weight excluding hydrogens is 487 g/mol. The molecule has 4 rings (SSSR count). The SMILES string of the molecule is CCOC(=O)c1c(NC(=O)NCc2c(C(F)(F)F)sc3c2CCN(CC)C3)sc2c1CCCC2. The number of nitrogens with zero attached hydrogens (tertiary/aromatic N) is 1. The highest BCUT2D eigenvalue weighted by Gasteiger charge is 2.39. The van der Waals surface area contributed by atoms with Crippen molar-refractivity contribution in [2.45, 2.75) is 65.2 Å². The van der Waals surface area contributed by atoms with Gasteiger partial charge in [-0.2, -0.15) is 13.2 Å². The first-order valence-electron chi connectivity index (χ1n) is 11.5. The van der Waals surface area contributed by atoms with Gasteiger partial charge in [-0.1, -0.05) is 6.92 Å². The minimum absolute atomic E-state index is 0.148. The van der Waals surface area contributed by atoms with Crippen molar-refractivity contribution < 1.29 is 27.5 Å². The lowest BCUT2D eigenvalue weighted by molar-refractivity contribution is -0.135. The van der Waals surface area contributed by atoms with E-state index in [1.165, 1.54) is 11.3 Å². The van der Waals surface area contributed by atoms with Crippen LogP contribution in [-0.2, 0) is 43.3 Å². The maximum Gasteiger partial charge on any atom is 0.425 e. The summed E-state index contributed by atoms with van der Waals surface area (Å²) in [7, 11) is 0. The van der Waals surface area contributed by atoms with Gasteiger partial charge in [-0.3, -0.25) is 10.2 Å². The Morgan fingerprint density at radius 1 is 1.06 bits per heavy atom. The molecular formula is C23H28F3N3O3S2. The number of hydrogen-bond donors (Lipinski definition) is 2. The van der Waals surface area contributed by atoms with Crippen LogP contribution in [0, 0.1) is 0 Å². The lowest BCUT2D eigenvalue weighted by Crippen LogP contribution is -2.32. The van der Waals surface area contributed by atoms with Crippen LogP contribution in [0.1, 0.15) is 68.4 Å². The summed E-state index contributed by atoms with van der Waals surface area (Å²) in [4.78, 5) is 28.5. The molecule has 2 amide bonds. The summed E-state index contributed by atoms with van der Waals surface area (Å²) in [5.74, 6) is -0.482. The van der Waals surface area contributed by atoms with E-state index in [4.69, 9.17) is 4.74 Å². The first kappa shape index (κ1) is 25.0. The number of hydrogen-bond acceptors (Lipinski definition) is 6. The monoisotopic (exact) mass is 515 g/mol. The van der Waals surface area contributed by atoms with Gasteiger partial charge in [0.15, 0.2) is 0 Å². The van der Waals surface area contributed by atoms with Crippen molar-refractivity contribution in [2.24, 2.45) is 0 Å². The number of aryl methyl sites for hydroxylation is 1. The van der Waals surface area contributed by atoms with Gasteiger partial charge in [0.05, 0.1) is 12.2 Å². The maximum absolute atomic E-state index is 13.7. The Balaban J connectivity index is 1.53. The third-order valence-electron chi connectivity index (χ3n) is 6.25. The van der Waals surface area contributed by atoms with E-state index in [0.717, 1.165) is 54.0 Å². The summed E-state index contributed by atoms with van der Waals surface area (Å²) in [6.45, 7) is 5.67. The zero-order valence-electron chi connectivity index (χ0n) is 19.2. The Labute approximate surface area is 204 Å². The van der Waals surface area contributed by atoms with Crippen molar-refractivity contribution in [2.75, 3.05) is 25.0 Å². The number of urea groups is 1. The highest BCUT2D eigenvalue weighted by Crippen LogP contribution is 2.43. The van der Waals surface area contributed by atoms with Crippen molar-refractivity contribution >= 4 is 39.7 Å². The number of amides is 2. The first-order valence-corrected chi connectivity index (χ1v) is 13.2. The molecule has 0 bridgehead atoms. The van der Waals surface area contributed by atoms with Gasteiger partial charge in [-0.05, 0) is 62.3 Å². The van der Waals surface area contributed by atoms with Gasteiger partial charge in [-0.25, -0.2) is 9.59 Å². The fourth-order valence-corrected chi connectivity index (χ4v) is 7.15. The third kappa shape index (κ3) is 5.11. The van der Waals surface area contributed by atoms with Crippen molar-refractivity contribution in [3.63, 3.8) is 0 Å². The van der Waals surface area contributed by atoms with Crippen molar-refractivity contribution in [3.8, 4) is 0 Å². The lowest BCUT2D eigenvalue weighted by Gasteiger charge is -2.25. The molecule has 11 heteroatoms. The Bertz CT molecular complexity index is 1080. The van der Waals surface area contributed by atoms with Gasteiger partial charge in [0.2, 0.25) is 0 Å². The summed E-state index contributed by atoms with van der Waals surface area (Å²) in [5, 5.41) is 5.70. The van der Waals surface area contributed by atoms with Crippen LogP contribution in [0.5, 0.6) is 0 Å². The average Bonchev–Trinajstić information content (AvgIpc) is 3.35. The molecule has 0 aromatic carbocycles. The van der Waals surface area contributed by atoms with Crippen LogP contribution in [0.3, 0.4) is 0 Å². The summed E-state index contributed by atoms with van der Waals surface area (Å²) in [6, 6.07) is -0.636. The first-order chi connectivity index (χ1) is 16.2. The molecule has 2 aromatic rings. The zero-order chi connectivity index (χ0) is 24.5. The van der Waals surface area contributed by atoms with Crippen LogP contribution in [0.15, 0.2) is 0 Å². The number of alkyl halides is 3. The summed E-state index contributed by atoms with van der Waals surface area (Å²) in [6.07, 6.45) is -0.398. The number of ether oxygens (including phenoxy) is 1. The molecule has 34 heavy (non-hydrogen) atoms. The smallest absolute Gasteiger partial charge is 0.425 e. The van der Waals surface area contributed by atoms with E-state index in [1.54, 1.807) is 6.92 Å². The van der Waals surface area contributed by atoms with Crippen LogP contribution in [0.25, 0.3) is 0 Å². The number of nitrogens with one attached hydrogen (secondary N) is 2. The number of carbonyl (C=O) groups excluding carboxylic acids is 2. The lowest BCUT2D eigenvalue weighted by atomic mass is 9.95. The fraction of sp³-hybridized carbons (Fsp3) is 0.565. The molecule has 186 valence electrons. The van der Waals surface area contributed by atoms with Crippen LogP contribution in [-0.4, -0.2) is 36.6 Å². The molecule has 2 aliphatic rings. The molecule has 0 radical (unpaired) electrons. The maximum atomic E-state index is 13.7. The quantitative estimate of drug-likeness (QED) is 0.493. The van der Waals surface area contributed by atoms with E-state index >= 15 is 0 Å². The number of halogens is 3.